The second-order valence-electron chi connectivity index (χ2n) is 7.66. The van der Waals surface area contributed by atoms with Crippen LogP contribution in [0.3, 0.4) is 0 Å². The number of anilines is 1. The second kappa shape index (κ2) is 9.05. The molecule has 0 aliphatic carbocycles. The van der Waals surface area contributed by atoms with Crippen molar-refractivity contribution in [1.29, 1.82) is 5.26 Å². The summed E-state index contributed by atoms with van der Waals surface area (Å²) in [6.07, 6.45) is 0.202. The van der Waals surface area contributed by atoms with Crippen LogP contribution >= 0.6 is 11.8 Å². The van der Waals surface area contributed by atoms with Gasteiger partial charge in [-0.05, 0) is 42.3 Å². The lowest BCUT2D eigenvalue weighted by molar-refractivity contribution is -0.129. The lowest BCUT2D eigenvalue weighted by atomic mass is 9.86. The molecule has 1 unspecified atom stereocenters. The van der Waals surface area contributed by atoms with Crippen molar-refractivity contribution in [3.8, 4) is 23.3 Å². The number of rotatable bonds is 5. The first-order valence-electron chi connectivity index (χ1n) is 10.2. The average Bonchev–Trinajstić information content (AvgIpc) is 2.82. The van der Waals surface area contributed by atoms with Gasteiger partial charge in [-0.3, -0.25) is 9.69 Å². The van der Waals surface area contributed by atoms with Crippen molar-refractivity contribution in [3.05, 3.63) is 58.1 Å². The fraction of sp³-hybridized carbons (Fsp3) is 0.333. The molecule has 8 heteroatoms. The monoisotopic (exact) mass is 451 g/mol. The van der Waals surface area contributed by atoms with Crippen LogP contribution in [0.15, 0.2) is 47.0 Å². The lowest BCUT2D eigenvalue weighted by Gasteiger charge is -2.42. The Kier molecular flexibility index (Phi) is 6.19. The van der Waals surface area contributed by atoms with Crippen LogP contribution in [0.4, 0.5) is 5.69 Å². The molecule has 2 aliphatic heterocycles. The molecule has 4 rings (SSSR count). The van der Waals surface area contributed by atoms with Crippen LogP contribution in [-0.4, -0.2) is 44.7 Å². The van der Waals surface area contributed by atoms with E-state index < -0.39 is 0 Å². The van der Waals surface area contributed by atoms with E-state index in [1.165, 1.54) is 17.3 Å². The number of thioether (sulfide) groups is 1. The van der Waals surface area contributed by atoms with Crippen LogP contribution in [-0.2, 0) is 4.79 Å². The lowest BCUT2D eigenvalue weighted by Crippen LogP contribution is -2.47. The van der Waals surface area contributed by atoms with E-state index >= 15 is 0 Å². The number of aryl methyl sites for hydroxylation is 1. The summed E-state index contributed by atoms with van der Waals surface area (Å²) in [4.78, 5) is 17.1. The number of ether oxygens (including phenoxy) is 3. The number of carbonyl (C=O) groups excluding carboxylic acids is 1. The molecule has 2 aliphatic rings. The SMILES string of the molecule is COc1cc(C2CC(=O)N3CN(c4cccc(C)c4)CSC3=C2C#N)cc(OC)c1OC. The predicted octanol–water partition coefficient (Wildman–Crippen LogP) is 4.24. The maximum Gasteiger partial charge on any atom is 0.229 e. The van der Waals surface area contributed by atoms with E-state index in [1.54, 1.807) is 26.2 Å². The van der Waals surface area contributed by atoms with Crippen molar-refractivity contribution in [2.45, 2.75) is 19.3 Å². The molecule has 2 heterocycles. The summed E-state index contributed by atoms with van der Waals surface area (Å²) in [6, 6.07) is 14.2. The number of benzene rings is 2. The largest absolute Gasteiger partial charge is 0.493 e. The number of carbonyl (C=O) groups is 1. The highest BCUT2D eigenvalue weighted by Crippen LogP contribution is 2.47. The van der Waals surface area contributed by atoms with Gasteiger partial charge in [0.2, 0.25) is 11.7 Å². The minimum absolute atomic E-state index is 0.0115. The predicted molar refractivity (Wildman–Crippen MR) is 124 cm³/mol. The summed E-state index contributed by atoms with van der Waals surface area (Å²) in [7, 11) is 4.65. The van der Waals surface area contributed by atoms with E-state index in [-0.39, 0.29) is 18.2 Å². The molecule has 166 valence electrons. The summed E-state index contributed by atoms with van der Waals surface area (Å²) < 4.78 is 16.4. The number of methoxy groups -OCH3 is 3. The molecule has 0 spiro atoms. The maximum absolute atomic E-state index is 13.2. The fourth-order valence-electron chi connectivity index (χ4n) is 4.14. The smallest absolute Gasteiger partial charge is 0.229 e. The van der Waals surface area contributed by atoms with Gasteiger partial charge >= 0.3 is 0 Å². The summed E-state index contributed by atoms with van der Waals surface area (Å²) in [5.41, 5.74) is 3.61. The molecule has 0 saturated carbocycles. The molecular weight excluding hydrogens is 426 g/mol. The van der Waals surface area contributed by atoms with Crippen LogP contribution in [0, 0.1) is 18.3 Å². The highest BCUT2D eigenvalue weighted by atomic mass is 32.2. The Hall–Kier alpha value is -3.31. The van der Waals surface area contributed by atoms with Crippen molar-refractivity contribution in [3.63, 3.8) is 0 Å². The van der Waals surface area contributed by atoms with E-state index in [1.807, 2.05) is 37.3 Å². The molecule has 1 atom stereocenters. The number of amides is 1. The number of allylic oxidation sites excluding steroid dienone is 1. The van der Waals surface area contributed by atoms with Gasteiger partial charge in [0.05, 0.1) is 50.5 Å². The number of hydrogen-bond donors (Lipinski definition) is 0. The number of hydrogen-bond acceptors (Lipinski definition) is 7. The quantitative estimate of drug-likeness (QED) is 0.673. The highest BCUT2D eigenvalue weighted by molar-refractivity contribution is 8.03. The minimum Gasteiger partial charge on any atom is -0.493 e. The van der Waals surface area contributed by atoms with E-state index in [0.717, 1.165) is 16.3 Å². The fourth-order valence-corrected chi connectivity index (χ4v) is 5.31. The summed E-state index contributed by atoms with van der Waals surface area (Å²) in [6.45, 7) is 2.48. The topological polar surface area (TPSA) is 75.0 Å². The summed E-state index contributed by atoms with van der Waals surface area (Å²) >= 11 is 1.52. The van der Waals surface area contributed by atoms with Crippen LogP contribution in [0.25, 0.3) is 0 Å². The normalized spacial score (nSPS) is 18.2. The Morgan fingerprint density at radius 3 is 2.41 bits per heavy atom. The average molecular weight is 452 g/mol. The van der Waals surface area contributed by atoms with Crippen molar-refractivity contribution < 1.29 is 19.0 Å². The zero-order valence-electron chi connectivity index (χ0n) is 18.5. The van der Waals surface area contributed by atoms with Gasteiger partial charge < -0.3 is 19.1 Å². The van der Waals surface area contributed by atoms with Crippen LogP contribution in [0.2, 0.25) is 0 Å². The Morgan fingerprint density at radius 2 is 1.81 bits per heavy atom. The standard InChI is InChI=1S/C24H25N3O4S/c1-15-6-5-7-17(8-15)26-13-27-22(28)11-18(19(12-25)24(27)32-14-26)16-9-20(29-2)23(31-4)21(10-16)30-3/h5-10,18H,11,13-14H2,1-4H3. The second-order valence-corrected chi connectivity index (χ2v) is 8.60. The van der Waals surface area contributed by atoms with Gasteiger partial charge in [0.1, 0.15) is 0 Å². The Bertz CT molecular complexity index is 1100. The van der Waals surface area contributed by atoms with Gasteiger partial charge in [0.15, 0.2) is 11.5 Å². The van der Waals surface area contributed by atoms with Crippen LogP contribution in [0.5, 0.6) is 17.2 Å². The molecule has 1 saturated heterocycles. The molecule has 0 aromatic heterocycles. The zero-order chi connectivity index (χ0) is 22.8. The van der Waals surface area contributed by atoms with Crippen molar-refractivity contribution >= 4 is 23.4 Å². The third-order valence-electron chi connectivity index (χ3n) is 5.75. The third-order valence-corrected chi connectivity index (χ3v) is 6.90. The number of nitriles is 1. The van der Waals surface area contributed by atoms with E-state index in [0.29, 0.717) is 35.4 Å². The van der Waals surface area contributed by atoms with Gasteiger partial charge in [-0.1, -0.05) is 23.9 Å². The molecule has 0 radical (unpaired) electrons. The molecule has 2 aromatic rings. The molecule has 0 N–H and O–H groups in total. The molecule has 2 aromatic carbocycles. The molecule has 32 heavy (non-hydrogen) atoms. The first-order valence-corrected chi connectivity index (χ1v) is 11.2. The van der Waals surface area contributed by atoms with Gasteiger partial charge in [-0.15, -0.1) is 0 Å². The molecule has 1 fully saturated rings. The zero-order valence-corrected chi connectivity index (χ0v) is 19.4. The molecule has 0 bridgehead atoms. The van der Waals surface area contributed by atoms with Gasteiger partial charge in [-0.25, -0.2) is 0 Å². The maximum atomic E-state index is 13.2. The Balaban J connectivity index is 1.71. The van der Waals surface area contributed by atoms with Gasteiger partial charge in [-0.2, -0.15) is 5.26 Å². The van der Waals surface area contributed by atoms with Crippen LogP contribution in [0.1, 0.15) is 23.5 Å². The van der Waals surface area contributed by atoms with E-state index in [9.17, 15) is 10.1 Å². The van der Waals surface area contributed by atoms with Crippen molar-refractivity contribution in [2.24, 2.45) is 0 Å². The first-order chi connectivity index (χ1) is 15.5. The van der Waals surface area contributed by atoms with E-state index in [2.05, 4.69) is 17.0 Å². The molecular formula is C24H25N3O4S. The minimum atomic E-state index is -0.370. The highest BCUT2D eigenvalue weighted by Gasteiger charge is 2.39. The Morgan fingerprint density at radius 1 is 1.09 bits per heavy atom. The van der Waals surface area contributed by atoms with E-state index in [4.69, 9.17) is 14.2 Å². The van der Waals surface area contributed by atoms with Crippen molar-refractivity contribution in [1.82, 2.24) is 4.90 Å². The number of nitrogens with zero attached hydrogens (tertiary/aromatic N) is 3. The number of fused-ring (bicyclic) bond motifs is 1. The van der Waals surface area contributed by atoms with Crippen molar-refractivity contribution in [2.75, 3.05) is 38.8 Å². The summed E-state index contributed by atoms with van der Waals surface area (Å²) in [5, 5.41) is 10.8. The Labute approximate surface area is 192 Å². The molecule has 1 amide bonds. The van der Waals surface area contributed by atoms with Gasteiger partial charge in [0, 0.05) is 18.0 Å². The van der Waals surface area contributed by atoms with Crippen LogP contribution < -0.4 is 19.1 Å². The third kappa shape index (κ3) is 3.84. The summed E-state index contributed by atoms with van der Waals surface area (Å²) in [5.74, 6) is 1.76. The van der Waals surface area contributed by atoms with Gasteiger partial charge in [0.25, 0.3) is 0 Å². The molecule has 7 nitrogen and oxygen atoms in total. The first kappa shape index (κ1) is 21.9.